The smallest absolute Gasteiger partial charge is 0.229 e. The Kier molecular flexibility index (Phi) is 3.50. The van der Waals surface area contributed by atoms with Gasteiger partial charge in [0.2, 0.25) is 5.89 Å². The lowest BCUT2D eigenvalue weighted by atomic mass is 9.87. The average molecular weight is 212 g/mol. The van der Waals surface area contributed by atoms with Gasteiger partial charge in [0, 0.05) is 5.92 Å². The Morgan fingerprint density at radius 3 is 2.33 bits per heavy atom. The third kappa shape index (κ3) is 3.30. The third-order valence-electron chi connectivity index (χ3n) is 2.37. The molecule has 0 saturated carbocycles. The molecule has 1 aromatic rings. The van der Waals surface area contributed by atoms with Crippen LogP contribution in [0.3, 0.4) is 0 Å². The van der Waals surface area contributed by atoms with Crippen LogP contribution in [0.5, 0.6) is 0 Å². The summed E-state index contributed by atoms with van der Waals surface area (Å²) in [6.07, 6.45) is -0.0404. The first-order valence-electron chi connectivity index (χ1n) is 5.31. The number of aliphatic hydroxyl groups excluding tert-OH is 1. The maximum absolute atomic E-state index is 9.86. The monoisotopic (exact) mass is 212 g/mol. The van der Waals surface area contributed by atoms with Crippen LogP contribution < -0.4 is 0 Å². The van der Waals surface area contributed by atoms with Crippen LogP contribution in [-0.2, 0) is 6.42 Å². The lowest BCUT2D eigenvalue weighted by Gasteiger charge is -2.24. The Morgan fingerprint density at radius 2 is 1.93 bits per heavy atom. The van der Waals surface area contributed by atoms with E-state index in [2.05, 4.69) is 10.1 Å². The summed E-state index contributed by atoms with van der Waals surface area (Å²) >= 11 is 0. The molecule has 86 valence electrons. The van der Waals surface area contributed by atoms with Crippen molar-refractivity contribution in [3.05, 3.63) is 11.7 Å². The van der Waals surface area contributed by atoms with E-state index in [1.54, 1.807) is 0 Å². The second-order valence-electron chi connectivity index (χ2n) is 5.29. The molecule has 1 heterocycles. The Bertz CT molecular complexity index is 313. The summed E-state index contributed by atoms with van der Waals surface area (Å²) in [7, 11) is 0. The molecule has 4 heteroatoms. The summed E-state index contributed by atoms with van der Waals surface area (Å²) in [6, 6.07) is 0. The van der Waals surface area contributed by atoms with Crippen molar-refractivity contribution >= 4 is 0 Å². The SMILES string of the molecule is CC(C)c1noc(CC(O)C(C)(C)C)n1. The molecule has 4 nitrogen and oxygen atoms in total. The zero-order valence-electron chi connectivity index (χ0n) is 10.1. The summed E-state index contributed by atoms with van der Waals surface area (Å²) in [5, 5.41) is 13.7. The molecule has 0 aliphatic rings. The second kappa shape index (κ2) is 4.31. The maximum Gasteiger partial charge on any atom is 0.229 e. The van der Waals surface area contributed by atoms with Gasteiger partial charge in [0.05, 0.1) is 12.5 Å². The molecule has 0 aliphatic carbocycles. The van der Waals surface area contributed by atoms with Crippen LogP contribution in [0.15, 0.2) is 4.52 Å². The average Bonchev–Trinajstić information content (AvgIpc) is 2.50. The van der Waals surface area contributed by atoms with E-state index in [0.717, 1.165) is 0 Å². The molecule has 1 unspecified atom stereocenters. The predicted octanol–water partition coefficient (Wildman–Crippen LogP) is 2.14. The highest BCUT2D eigenvalue weighted by molar-refractivity contribution is 4.93. The van der Waals surface area contributed by atoms with E-state index in [1.807, 2.05) is 34.6 Å². The van der Waals surface area contributed by atoms with Gasteiger partial charge in [-0.1, -0.05) is 39.8 Å². The highest BCUT2D eigenvalue weighted by Crippen LogP contribution is 2.22. The molecule has 1 atom stereocenters. The Balaban J connectivity index is 2.65. The Morgan fingerprint density at radius 1 is 1.33 bits per heavy atom. The first-order chi connectivity index (χ1) is 6.80. The van der Waals surface area contributed by atoms with Crippen LogP contribution in [0.25, 0.3) is 0 Å². The molecule has 0 amide bonds. The van der Waals surface area contributed by atoms with Crippen molar-refractivity contribution in [1.29, 1.82) is 0 Å². The second-order valence-corrected chi connectivity index (χ2v) is 5.29. The van der Waals surface area contributed by atoms with Gasteiger partial charge in [-0.25, -0.2) is 0 Å². The van der Waals surface area contributed by atoms with Gasteiger partial charge < -0.3 is 9.63 Å². The zero-order valence-corrected chi connectivity index (χ0v) is 10.1. The van der Waals surface area contributed by atoms with E-state index in [9.17, 15) is 5.11 Å². The van der Waals surface area contributed by atoms with Crippen molar-refractivity contribution < 1.29 is 9.63 Å². The minimum Gasteiger partial charge on any atom is -0.392 e. The summed E-state index contributed by atoms with van der Waals surface area (Å²) in [5.41, 5.74) is -0.160. The summed E-state index contributed by atoms with van der Waals surface area (Å²) in [4.78, 5) is 4.23. The number of aromatic nitrogens is 2. The molecular formula is C11H20N2O2. The minimum atomic E-state index is -0.460. The van der Waals surface area contributed by atoms with Crippen molar-refractivity contribution in [2.24, 2.45) is 5.41 Å². The van der Waals surface area contributed by atoms with Crippen LogP contribution in [0.1, 0.15) is 52.3 Å². The van der Waals surface area contributed by atoms with Crippen molar-refractivity contribution in [2.75, 3.05) is 0 Å². The predicted molar refractivity (Wildman–Crippen MR) is 57.6 cm³/mol. The zero-order chi connectivity index (χ0) is 11.6. The van der Waals surface area contributed by atoms with Crippen molar-refractivity contribution in [1.82, 2.24) is 10.1 Å². The molecule has 1 N–H and O–H groups in total. The lowest BCUT2D eigenvalue weighted by molar-refractivity contribution is 0.0565. The fourth-order valence-electron chi connectivity index (χ4n) is 1.06. The maximum atomic E-state index is 9.86. The number of rotatable bonds is 3. The van der Waals surface area contributed by atoms with E-state index in [-0.39, 0.29) is 11.3 Å². The van der Waals surface area contributed by atoms with Gasteiger partial charge >= 0.3 is 0 Å². The van der Waals surface area contributed by atoms with Gasteiger partial charge in [-0.2, -0.15) is 4.98 Å². The topological polar surface area (TPSA) is 59.2 Å². The molecule has 0 aliphatic heterocycles. The fraction of sp³-hybridized carbons (Fsp3) is 0.818. The molecule has 0 fully saturated rings. The third-order valence-corrected chi connectivity index (χ3v) is 2.37. The van der Waals surface area contributed by atoms with Crippen LogP contribution >= 0.6 is 0 Å². The highest BCUT2D eigenvalue weighted by atomic mass is 16.5. The number of nitrogens with zero attached hydrogens (tertiary/aromatic N) is 2. The van der Waals surface area contributed by atoms with Gasteiger partial charge in [-0.05, 0) is 5.41 Å². The standard InChI is InChI=1S/C11H20N2O2/c1-7(2)10-12-9(15-13-10)6-8(14)11(3,4)5/h7-8,14H,6H2,1-5H3. The van der Waals surface area contributed by atoms with Crippen LogP contribution in [0.2, 0.25) is 0 Å². The quantitative estimate of drug-likeness (QED) is 0.834. The Hall–Kier alpha value is -0.900. The summed E-state index contributed by atoms with van der Waals surface area (Å²) < 4.78 is 5.07. The highest BCUT2D eigenvalue weighted by Gasteiger charge is 2.24. The lowest BCUT2D eigenvalue weighted by Crippen LogP contribution is -2.28. The van der Waals surface area contributed by atoms with Crippen molar-refractivity contribution in [3.8, 4) is 0 Å². The van der Waals surface area contributed by atoms with E-state index >= 15 is 0 Å². The van der Waals surface area contributed by atoms with E-state index in [4.69, 9.17) is 4.52 Å². The van der Waals surface area contributed by atoms with Crippen LogP contribution in [-0.4, -0.2) is 21.4 Å². The van der Waals surface area contributed by atoms with Crippen molar-refractivity contribution in [3.63, 3.8) is 0 Å². The number of aliphatic hydroxyl groups is 1. The molecule has 0 saturated heterocycles. The largest absolute Gasteiger partial charge is 0.392 e. The summed E-state index contributed by atoms with van der Waals surface area (Å²) in [5.74, 6) is 1.47. The number of hydrogen-bond acceptors (Lipinski definition) is 4. The van der Waals surface area contributed by atoms with Gasteiger partial charge in [0.25, 0.3) is 0 Å². The first kappa shape index (κ1) is 12.2. The molecule has 15 heavy (non-hydrogen) atoms. The summed E-state index contributed by atoms with van der Waals surface area (Å²) in [6.45, 7) is 9.97. The molecule has 0 spiro atoms. The van der Waals surface area contributed by atoms with Crippen LogP contribution in [0, 0.1) is 5.41 Å². The Labute approximate surface area is 90.7 Å². The molecule has 1 rings (SSSR count). The number of hydrogen-bond donors (Lipinski definition) is 1. The van der Waals surface area contributed by atoms with Gasteiger partial charge in [0.15, 0.2) is 5.82 Å². The molecule has 1 aromatic heterocycles. The van der Waals surface area contributed by atoms with Gasteiger partial charge in [-0.15, -0.1) is 0 Å². The molecule has 0 bridgehead atoms. The van der Waals surface area contributed by atoms with Crippen LogP contribution in [0.4, 0.5) is 0 Å². The van der Waals surface area contributed by atoms with Gasteiger partial charge in [-0.3, -0.25) is 0 Å². The van der Waals surface area contributed by atoms with E-state index in [0.29, 0.717) is 18.1 Å². The molecular weight excluding hydrogens is 192 g/mol. The van der Waals surface area contributed by atoms with Gasteiger partial charge in [0.1, 0.15) is 0 Å². The van der Waals surface area contributed by atoms with E-state index in [1.165, 1.54) is 0 Å². The normalized spacial score (nSPS) is 14.6. The molecule has 0 radical (unpaired) electrons. The fourth-order valence-corrected chi connectivity index (χ4v) is 1.06. The molecule has 0 aromatic carbocycles. The van der Waals surface area contributed by atoms with Crippen molar-refractivity contribution in [2.45, 2.75) is 53.1 Å². The van der Waals surface area contributed by atoms with E-state index < -0.39 is 6.10 Å². The minimum absolute atomic E-state index is 0.160. The first-order valence-corrected chi connectivity index (χ1v) is 5.31.